The van der Waals surface area contributed by atoms with Gasteiger partial charge in [-0.3, -0.25) is 9.89 Å². The summed E-state index contributed by atoms with van der Waals surface area (Å²) in [4.78, 5) is 12.0. The maximum Gasteiger partial charge on any atom is 0.251 e. The second kappa shape index (κ2) is 9.01. The first kappa shape index (κ1) is 18.7. The number of nitrogens with zero attached hydrogens (tertiary/aromatic N) is 1. The number of halogens is 1. The average molecular weight is 357 g/mol. The molecule has 0 fully saturated rings. The molecule has 2 aromatic carbocycles. The van der Waals surface area contributed by atoms with E-state index in [0.29, 0.717) is 12.1 Å². The molecule has 0 aliphatic rings. The number of hydrogen-bond donors (Lipinski definition) is 3. The lowest BCUT2D eigenvalue weighted by Crippen LogP contribution is -2.30. The van der Waals surface area contributed by atoms with Crippen LogP contribution in [0.1, 0.15) is 21.6 Å². The second-order valence-corrected chi connectivity index (χ2v) is 5.47. The number of amides is 1. The molecule has 1 amide bonds. The van der Waals surface area contributed by atoms with Crippen molar-refractivity contribution in [3.05, 3.63) is 65.4 Å². The van der Waals surface area contributed by atoms with Crippen LogP contribution in [0, 0.1) is 0 Å². The molecule has 0 spiro atoms. The highest BCUT2D eigenvalue weighted by molar-refractivity contribution is 5.94. The first-order valence-electron chi connectivity index (χ1n) is 7.92. The third-order valence-electron chi connectivity index (χ3n) is 3.77. The number of carbonyl (C=O) groups excluding carboxylic acids is 1. The molecule has 0 aliphatic heterocycles. The van der Waals surface area contributed by atoms with Crippen LogP contribution in [-0.4, -0.2) is 36.2 Å². The number of fused-ring (bicyclic) bond motifs is 1. The van der Waals surface area contributed by atoms with E-state index in [0.717, 1.165) is 28.7 Å². The van der Waals surface area contributed by atoms with E-state index in [1.54, 1.807) is 0 Å². The molecule has 1 aromatic heterocycles. The van der Waals surface area contributed by atoms with Gasteiger partial charge in [0.25, 0.3) is 5.91 Å². The molecule has 5 nitrogen and oxygen atoms in total. The Kier molecular flexibility index (Phi) is 6.74. The van der Waals surface area contributed by atoms with Gasteiger partial charge in [0.1, 0.15) is 0 Å². The van der Waals surface area contributed by atoms with Crippen LogP contribution in [0.2, 0.25) is 0 Å². The largest absolute Gasteiger partial charge is 0.351 e. The van der Waals surface area contributed by atoms with Gasteiger partial charge < -0.3 is 10.6 Å². The zero-order chi connectivity index (χ0) is 16.8. The van der Waals surface area contributed by atoms with Gasteiger partial charge in [-0.05, 0) is 36.9 Å². The fourth-order valence-electron chi connectivity index (χ4n) is 2.44. The summed E-state index contributed by atoms with van der Waals surface area (Å²) in [6.07, 6.45) is 3.96. The Balaban J connectivity index is 0.00000225. The molecule has 0 saturated heterocycles. The molecule has 0 radical (unpaired) electrons. The smallest absolute Gasteiger partial charge is 0.251 e. The van der Waals surface area contributed by atoms with E-state index in [9.17, 15) is 4.79 Å². The number of carbonyl (C=O) groups is 1. The number of nitrogens with one attached hydrogen (secondary N) is 3. The van der Waals surface area contributed by atoms with Gasteiger partial charge in [0.2, 0.25) is 0 Å². The molecule has 3 N–H and O–H groups in total. The zero-order valence-electron chi connectivity index (χ0n) is 14.0. The normalized spacial score (nSPS) is 10.8. The molecule has 0 unspecified atom stereocenters. The molecule has 0 atom stereocenters. The molecule has 25 heavy (non-hydrogen) atoms. The number of likely N-dealkylation sites (N-methyl/N-ethyl adjacent to an activating group) is 1. The molecular weight excluding hydrogens is 336 g/mol. The van der Waals surface area contributed by atoms with Crippen molar-refractivity contribution in [2.24, 2.45) is 0 Å². The van der Waals surface area contributed by atoms with Crippen LogP contribution in [0.25, 0.3) is 23.1 Å². The van der Waals surface area contributed by atoms with E-state index in [-0.39, 0.29) is 18.3 Å². The van der Waals surface area contributed by atoms with Crippen molar-refractivity contribution >= 4 is 41.4 Å². The predicted molar refractivity (Wildman–Crippen MR) is 105 cm³/mol. The maximum absolute atomic E-state index is 12.0. The fourth-order valence-corrected chi connectivity index (χ4v) is 2.44. The number of aromatic amines is 1. The van der Waals surface area contributed by atoms with Crippen LogP contribution in [0.15, 0.2) is 48.5 Å². The Morgan fingerprint density at radius 3 is 2.60 bits per heavy atom. The lowest BCUT2D eigenvalue weighted by atomic mass is 10.1. The lowest BCUT2D eigenvalue weighted by Gasteiger charge is -2.04. The molecule has 0 saturated carbocycles. The minimum Gasteiger partial charge on any atom is -0.351 e. The Morgan fingerprint density at radius 1 is 1.08 bits per heavy atom. The molecule has 6 heteroatoms. The van der Waals surface area contributed by atoms with Crippen LogP contribution in [0.4, 0.5) is 0 Å². The Labute approximate surface area is 152 Å². The van der Waals surface area contributed by atoms with Gasteiger partial charge in [-0.25, -0.2) is 0 Å². The third kappa shape index (κ3) is 4.68. The summed E-state index contributed by atoms with van der Waals surface area (Å²) in [7, 11) is 1.86. The summed E-state index contributed by atoms with van der Waals surface area (Å²) in [5.74, 6) is -0.0564. The van der Waals surface area contributed by atoms with Crippen molar-refractivity contribution in [1.29, 1.82) is 0 Å². The number of benzene rings is 2. The predicted octanol–water partition coefficient (Wildman–Crippen LogP) is 3.10. The van der Waals surface area contributed by atoms with Crippen LogP contribution in [0.5, 0.6) is 0 Å². The standard InChI is InChI=1S/C19H20N4O.ClH/c1-20-12-13-21-19(24)15-9-6-14(7-10-15)8-11-18-16-4-2-3-5-17(16)22-23-18;/h2-11,20H,12-13H2,1H3,(H,21,24)(H,22,23);1H/b11-8+;. The summed E-state index contributed by atoms with van der Waals surface area (Å²) in [6.45, 7) is 1.37. The summed E-state index contributed by atoms with van der Waals surface area (Å²) in [5.41, 5.74) is 3.60. The molecular formula is C19H21ClN4O. The van der Waals surface area contributed by atoms with Crippen molar-refractivity contribution < 1.29 is 4.79 Å². The third-order valence-corrected chi connectivity index (χ3v) is 3.77. The Morgan fingerprint density at radius 2 is 1.84 bits per heavy atom. The van der Waals surface area contributed by atoms with Gasteiger partial charge in [-0.2, -0.15) is 5.10 Å². The van der Waals surface area contributed by atoms with Crippen LogP contribution < -0.4 is 10.6 Å². The van der Waals surface area contributed by atoms with Crippen molar-refractivity contribution in [3.8, 4) is 0 Å². The molecule has 1 heterocycles. The minimum absolute atomic E-state index is 0. The number of para-hydroxylation sites is 1. The molecule has 0 aliphatic carbocycles. The van der Waals surface area contributed by atoms with Crippen molar-refractivity contribution in [1.82, 2.24) is 20.8 Å². The minimum atomic E-state index is -0.0564. The first-order chi connectivity index (χ1) is 11.8. The maximum atomic E-state index is 12.0. The van der Waals surface area contributed by atoms with Gasteiger partial charge in [0.15, 0.2) is 0 Å². The fraction of sp³-hybridized carbons (Fsp3) is 0.158. The van der Waals surface area contributed by atoms with Gasteiger partial charge in [-0.1, -0.05) is 36.4 Å². The summed E-state index contributed by atoms with van der Waals surface area (Å²) in [6, 6.07) is 15.5. The van der Waals surface area contributed by atoms with Crippen LogP contribution in [-0.2, 0) is 0 Å². The average Bonchev–Trinajstić information content (AvgIpc) is 3.04. The van der Waals surface area contributed by atoms with E-state index in [2.05, 4.69) is 20.8 Å². The van der Waals surface area contributed by atoms with Crippen molar-refractivity contribution in [2.75, 3.05) is 20.1 Å². The van der Waals surface area contributed by atoms with E-state index >= 15 is 0 Å². The van der Waals surface area contributed by atoms with E-state index < -0.39 is 0 Å². The zero-order valence-corrected chi connectivity index (χ0v) is 14.8. The van der Waals surface area contributed by atoms with Gasteiger partial charge in [0, 0.05) is 24.0 Å². The lowest BCUT2D eigenvalue weighted by molar-refractivity contribution is 0.0954. The topological polar surface area (TPSA) is 69.8 Å². The molecule has 3 aromatic rings. The van der Waals surface area contributed by atoms with Gasteiger partial charge in [0.05, 0.1) is 11.2 Å². The number of hydrogen-bond acceptors (Lipinski definition) is 3. The summed E-state index contributed by atoms with van der Waals surface area (Å²) < 4.78 is 0. The van der Waals surface area contributed by atoms with Crippen molar-refractivity contribution in [2.45, 2.75) is 0 Å². The number of rotatable bonds is 6. The van der Waals surface area contributed by atoms with E-state index in [4.69, 9.17) is 0 Å². The van der Waals surface area contributed by atoms with E-state index in [1.165, 1.54) is 0 Å². The van der Waals surface area contributed by atoms with Gasteiger partial charge >= 0.3 is 0 Å². The summed E-state index contributed by atoms with van der Waals surface area (Å²) >= 11 is 0. The highest BCUT2D eigenvalue weighted by Crippen LogP contribution is 2.17. The Hall–Kier alpha value is -2.63. The van der Waals surface area contributed by atoms with Crippen LogP contribution in [0.3, 0.4) is 0 Å². The first-order valence-corrected chi connectivity index (χ1v) is 7.92. The number of H-pyrrole nitrogens is 1. The second-order valence-electron chi connectivity index (χ2n) is 5.47. The van der Waals surface area contributed by atoms with Gasteiger partial charge in [-0.15, -0.1) is 12.4 Å². The highest BCUT2D eigenvalue weighted by Gasteiger charge is 2.04. The molecule has 3 rings (SSSR count). The quantitative estimate of drug-likeness (QED) is 0.594. The van der Waals surface area contributed by atoms with E-state index in [1.807, 2.05) is 67.7 Å². The van der Waals surface area contributed by atoms with Crippen LogP contribution >= 0.6 is 12.4 Å². The molecule has 0 bridgehead atoms. The highest BCUT2D eigenvalue weighted by atomic mass is 35.5. The SMILES string of the molecule is CNCCNC(=O)c1ccc(/C=C/c2n[nH]c3ccccc23)cc1.Cl. The summed E-state index contributed by atoms with van der Waals surface area (Å²) in [5, 5.41) is 14.3. The van der Waals surface area contributed by atoms with Crippen molar-refractivity contribution in [3.63, 3.8) is 0 Å². The molecule has 130 valence electrons. The number of aromatic nitrogens is 2. The monoisotopic (exact) mass is 356 g/mol. The Bertz CT molecular complexity index is 855.